The van der Waals surface area contributed by atoms with Gasteiger partial charge in [-0.05, 0) is 24.3 Å². The van der Waals surface area contributed by atoms with Crippen molar-refractivity contribution in [2.45, 2.75) is 31.5 Å². The van der Waals surface area contributed by atoms with Gasteiger partial charge in [-0.25, -0.2) is 4.98 Å². The Labute approximate surface area is 213 Å². The zero-order chi connectivity index (χ0) is 24.9. The van der Waals surface area contributed by atoms with E-state index in [1.807, 2.05) is 30.3 Å². The van der Waals surface area contributed by atoms with Gasteiger partial charge in [0, 0.05) is 28.3 Å². The van der Waals surface area contributed by atoms with Crippen LogP contribution in [-0.2, 0) is 27.1 Å². The lowest BCUT2D eigenvalue weighted by Gasteiger charge is -2.24. The summed E-state index contributed by atoms with van der Waals surface area (Å²) >= 11 is 12.0. The number of ether oxygens (including phenoxy) is 4. The maximum atomic E-state index is 11.4. The average molecular weight is 517 g/mol. The van der Waals surface area contributed by atoms with Crippen molar-refractivity contribution >= 4 is 40.5 Å². The van der Waals surface area contributed by atoms with Crippen LogP contribution in [0.2, 0.25) is 5.02 Å². The number of nitrogens with one attached hydrogen (secondary N) is 1. The highest BCUT2D eigenvalue weighted by Crippen LogP contribution is 2.43. The number of thiocarbonyl (C=S) groups is 1. The predicted octanol–water partition coefficient (Wildman–Crippen LogP) is 4.92. The maximum absolute atomic E-state index is 11.4. The van der Waals surface area contributed by atoms with E-state index >= 15 is 0 Å². The Kier molecular flexibility index (Phi) is 7.90. The number of anilines is 1. The van der Waals surface area contributed by atoms with E-state index in [9.17, 15) is 4.79 Å². The van der Waals surface area contributed by atoms with Gasteiger partial charge in [0.15, 0.2) is 17.4 Å². The monoisotopic (exact) mass is 516 g/mol. The van der Waals surface area contributed by atoms with Crippen LogP contribution in [0.5, 0.6) is 11.5 Å². The molecule has 0 saturated heterocycles. The van der Waals surface area contributed by atoms with Gasteiger partial charge in [0.25, 0.3) is 0 Å². The van der Waals surface area contributed by atoms with Crippen molar-refractivity contribution in [1.82, 2.24) is 4.98 Å². The largest absolute Gasteiger partial charge is 0.493 e. The van der Waals surface area contributed by atoms with Gasteiger partial charge in [0.05, 0.1) is 40.4 Å². The Morgan fingerprint density at radius 3 is 2.74 bits per heavy atom. The molecule has 10 heteroatoms. The van der Waals surface area contributed by atoms with Crippen molar-refractivity contribution in [3.63, 3.8) is 0 Å². The third-order valence-corrected chi connectivity index (χ3v) is 6.23. The first-order valence-electron chi connectivity index (χ1n) is 10.9. The number of hydrogen-bond donors (Lipinski definition) is 1. The summed E-state index contributed by atoms with van der Waals surface area (Å²) < 4.78 is 28.3. The third kappa shape index (κ3) is 5.58. The van der Waals surface area contributed by atoms with Crippen LogP contribution in [0, 0.1) is 0 Å². The molecule has 35 heavy (non-hydrogen) atoms. The summed E-state index contributed by atoms with van der Waals surface area (Å²) in [5, 5.41) is 3.85. The third-order valence-electron chi connectivity index (χ3n) is 5.63. The maximum Gasteiger partial charge on any atom is 0.305 e. The van der Waals surface area contributed by atoms with Crippen LogP contribution in [0.4, 0.5) is 5.69 Å². The summed E-state index contributed by atoms with van der Waals surface area (Å²) in [7, 11) is 4.52. The average Bonchev–Trinajstić information content (AvgIpc) is 3.27. The quantitative estimate of drug-likeness (QED) is 0.330. The van der Waals surface area contributed by atoms with E-state index in [0.717, 1.165) is 16.8 Å². The van der Waals surface area contributed by atoms with E-state index in [2.05, 4.69) is 15.0 Å². The van der Waals surface area contributed by atoms with Gasteiger partial charge >= 0.3 is 5.97 Å². The number of fused-ring (bicyclic) bond motifs is 1. The van der Waals surface area contributed by atoms with Gasteiger partial charge in [0.1, 0.15) is 23.0 Å². The fourth-order valence-electron chi connectivity index (χ4n) is 3.92. The summed E-state index contributed by atoms with van der Waals surface area (Å²) in [4.78, 5) is 16.3. The van der Waals surface area contributed by atoms with E-state index in [-0.39, 0.29) is 18.8 Å². The molecule has 0 radical (unpaired) electrons. The van der Waals surface area contributed by atoms with Crippen molar-refractivity contribution in [2.24, 2.45) is 0 Å². The van der Waals surface area contributed by atoms with Gasteiger partial charge in [-0.3, -0.25) is 4.79 Å². The minimum absolute atomic E-state index is 0.207. The van der Waals surface area contributed by atoms with Gasteiger partial charge in [0.2, 0.25) is 0 Å². The van der Waals surface area contributed by atoms with E-state index < -0.39 is 12.2 Å². The van der Waals surface area contributed by atoms with Crippen molar-refractivity contribution < 1.29 is 28.2 Å². The van der Waals surface area contributed by atoms with Gasteiger partial charge in [-0.2, -0.15) is 0 Å². The molecular weight excluding hydrogens is 492 g/mol. The molecule has 0 fully saturated rings. The molecule has 0 aliphatic carbocycles. The molecule has 0 spiro atoms. The van der Waals surface area contributed by atoms with Crippen molar-refractivity contribution in [3.8, 4) is 11.5 Å². The topological polar surface area (TPSA) is 92.1 Å². The molecule has 8 nitrogen and oxygen atoms in total. The molecule has 1 aromatic heterocycles. The predicted molar refractivity (Wildman–Crippen MR) is 134 cm³/mol. The number of nitrogens with zero attached hydrogens (tertiary/aromatic N) is 1. The summed E-state index contributed by atoms with van der Waals surface area (Å²) in [5.41, 5.74) is 2.35. The molecule has 3 aromatic rings. The summed E-state index contributed by atoms with van der Waals surface area (Å²) in [6.07, 6.45) is 1.35. The first kappa shape index (κ1) is 25.0. The van der Waals surface area contributed by atoms with Gasteiger partial charge < -0.3 is 28.7 Å². The smallest absolute Gasteiger partial charge is 0.305 e. The molecule has 4 rings (SSSR count). The van der Waals surface area contributed by atoms with Crippen LogP contribution in [0.15, 0.2) is 47.0 Å². The van der Waals surface area contributed by atoms with Crippen LogP contribution in [0.25, 0.3) is 0 Å². The molecule has 0 bridgehead atoms. The molecular formula is C25H25ClN2O6S. The lowest BCUT2D eigenvalue weighted by atomic mass is 9.98. The number of aryl methyl sites for hydroxylation is 1. The van der Waals surface area contributed by atoms with Crippen molar-refractivity contribution in [1.29, 1.82) is 0 Å². The van der Waals surface area contributed by atoms with Crippen LogP contribution in [0.1, 0.15) is 35.3 Å². The Bertz CT molecular complexity index is 1230. The second-order valence-electron chi connectivity index (χ2n) is 7.81. The van der Waals surface area contributed by atoms with Gasteiger partial charge in [-0.15, -0.1) is 0 Å². The molecule has 1 N–H and O–H groups in total. The number of methoxy groups -OCH3 is 3. The summed E-state index contributed by atoms with van der Waals surface area (Å²) in [6.45, 7) is 0. The molecule has 2 aromatic carbocycles. The number of esters is 1. The Balaban J connectivity index is 1.67. The molecule has 2 heterocycles. The number of para-hydroxylation sites is 1. The standard InChI is InChI=1S/C25H25ClN2O6S/c1-30-19-6-4-5-16(24(19)32-3)23-17-11-14(26)7-9-18(17)28-25(35)20(34-23)12-21-27-13-15(33-21)8-10-22(29)31-2/h4-7,9,11,13,20,23H,8,10,12H2,1-3H3,(H,28,35)/t20-,23+/m0/s1. The van der Waals surface area contributed by atoms with Crippen LogP contribution >= 0.6 is 23.8 Å². The van der Waals surface area contributed by atoms with Crippen LogP contribution < -0.4 is 14.8 Å². The number of oxazole rings is 1. The number of rotatable bonds is 8. The normalized spacial score (nSPS) is 17.2. The van der Waals surface area contributed by atoms with Crippen molar-refractivity contribution in [2.75, 3.05) is 26.6 Å². The highest BCUT2D eigenvalue weighted by molar-refractivity contribution is 7.80. The molecule has 0 unspecified atom stereocenters. The Morgan fingerprint density at radius 1 is 1.17 bits per heavy atom. The highest BCUT2D eigenvalue weighted by atomic mass is 35.5. The SMILES string of the molecule is COC(=O)CCc1cnc(C[C@@H]2O[C@H](c3cccc(OC)c3OC)c3cc(Cl)ccc3NC2=S)o1. The molecule has 184 valence electrons. The lowest BCUT2D eigenvalue weighted by molar-refractivity contribution is -0.140. The van der Waals surface area contributed by atoms with E-state index in [0.29, 0.717) is 39.6 Å². The fraction of sp³-hybridized carbons (Fsp3) is 0.320. The lowest BCUT2D eigenvalue weighted by Crippen LogP contribution is -2.30. The molecule has 2 atom stereocenters. The second-order valence-corrected chi connectivity index (χ2v) is 8.69. The van der Waals surface area contributed by atoms with E-state index in [4.69, 9.17) is 42.4 Å². The number of benzene rings is 2. The minimum Gasteiger partial charge on any atom is -0.493 e. The molecule has 1 aliphatic heterocycles. The first-order valence-corrected chi connectivity index (χ1v) is 11.7. The zero-order valence-corrected chi connectivity index (χ0v) is 21.1. The number of hydrogen-bond acceptors (Lipinski definition) is 8. The number of aromatic nitrogens is 1. The first-order chi connectivity index (χ1) is 16.9. The minimum atomic E-state index is -0.569. The van der Waals surface area contributed by atoms with Crippen LogP contribution in [0.3, 0.4) is 0 Å². The van der Waals surface area contributed by atoms with Crippen LogP contribution in [-0.4, -0.2) is 43.4 Å². The second kappa shape index (κ2) is 11.1. The van der Waals surface area contributed by atoms with Crippen molar-refractivity contribution in [3.05, 3.63) is 70.4 Å². The molecule has 0 saturated carbocycles. The molecule has 0 amide bonds. The van der Waals surface area contributed by atoms with E-state index in [1.54, 1.807) is 26.5 Å². The van der Waals surface area contributed by atoms with E-state index in [1.165, 1.54) is 7.11 Å². The summed E-state index contributed by atoms with van der Waals surface area (Å²) in [6, 6.07) is 11.1. The fourth-order valence-corrected chi connectivity index (χ4v) is 4.35. The summed E-state index contributed by atoms with van der Waals surface area (Å²) in [5.74, 6) is 1.85. The molecule has 1 aliphatic rings. The number of carbonyl (C=O) groups excluding carboxylic acids is 1. The Morgan fingerprint density at radius 2 is 2.00 bits per heavy atom. The number of carbonyl (C=O) groups is 1. The zero-order valence-electron chi connectivity index (χ0n) is 19.5. The number of halogens is 1. The Hall–Kier alpha value is -3.14. The van der Waals surface area contributed by atoms with Gasteiger partial charge in [-0.1, -0.05) is 36.0 Å². The highest BCUT2D eigenvalue weighted by Gasteiger charge is 2.33.